The highest BCUT2D eigenvalue weighted by molar-refractivity contribution is 5.93. The summed E-state index contributed by atoms with van der Waals surface area (Å²) in [5.74, 6) is 0.298. The maximum atomic E-state index is 13.3. The number of rotatable bonds is 6. The average Bonchev–Trinajstić information content (AvgIpc) is 3.43. The number of hydrogen-bond acceptors (Lipinski definition) is 7. The lowest BCUT2D eigenvalue weighted by molar-refractivity contribution is -0.140. The van der Waals surface area contributed by atoms with Crippen LogP contribution in [0.1, 0.15) is 44.2 Å². The summed E-state index contributed by atoms with van der Waals surface area (Å²) in [5, 5.41) is 20.5. The highest BCUT2D eigenvalue weighted by Gasteiger charge is 2.37. The van der Waals surface area contributed by atoms with E-state index in [0.717, 1.165) is 46.8 Å². The second-order valence-corrected chi connectivity index (χ2v) is 8.61. The van der Waals surface area contributed by atoms with Gasteiger partial charge >= 0.3 is 6.18 Å². The molecule has 0 unspecified atom stereocenters. The molecule has 1 aliphatic rings. The van der Waals surface area contributed by atoms with E-state index in [1.165, 1.54) is 0 Å². The standard InChI is InChI=1S/C23H25F3N8O/c1-3-27-20-10-19-17(12-28-20)21(14-11-30-33(2)13-14)32-34(19)15-4-6-16(7-5-15)35-22-18(23(24,25)26)8-9-29-31-22/h8-13,15-16H,3-7H2,1-2H3,(H,27,28). The van der Waals surface area contributed by atoms with Crippen molar-refractivity contribution in [3.05, 3.63) is 42.5 Å². The molecule has 9 nitrogen and oxygen atoms in total. The summed E-state index contributed by atoms with van der Waals surface area (Å²) in [6, 6.07) is 2.95. The first-order valence-corrected chi connectivity index (χ1v) is 11.5. The third-order valence-electron chi connectivity index (χ3n) is 6.19. The van der Waals surface area contributed by atoms with Crippen molar-refractivity contribution in [2.45, 2.75) is 50.9 Å². The number of halogens is 3. The summed E-state index contributed by atoms with van der Waals surface area (Å²) in [7, 11) is 1.85. The van der Waals surface area contributed by atoms with Crippen LogP contribution in [-0.2, 0) is 13.2 Å². The molecular weight excluding hydrogens is 461 g/mol. The molecule has 0 radical (unpaired) electrons. The van der Waals surface area contributed by atoms with E-state index in [2.05, 4.69) is 25.6 Å². The molecule has 1 fully saturated rings. The van der Waals surface area contributed by atoms with Crippen LogP contribution in [0.4, 0.5) is 19.0 Å². The zero-order chi connectivity index (χ0) is 24.6. The molecule has 4 heterocycles. The molecule has 0 saturated heterocycles. The Morgan fingerprint density at radius 2 is 1.97 bits per heavy atom. The van der Waals surface area contributed by atoms with Crippen molar-refractivity contribution in [3.8, 4) is 17.1 Å². The Morgan fingerprint density at radius 3 is 2.66 bits per heavy atom. The first-order valence-electron chi connectivity index (χ1n) is 11.5. The quantitative estimate of drug-likeness (QED) is 0.424. The molecule has 1 N–H and O–H groups in total. The monoisotopic (exact) mass is 486 g/mol. The molecule has 0 aliphatic heterocycles. The molecule has 12 heteroatoms. The average molecular weight is 487 g/mol. The second-order valence-electron chi connectivity index (χ2n) is 8.61. The molecular formula is C23H25F3N8O. The molecule has 0 spiro atoms. The Balaban J connectivity index is 1.39. The number of aromatic nitrogens is 7. The van der Waals surface area contributed by atoms with Gasteiger partial charge in [0.05, 0.1) is 24.0 Å². The fourth-order valence-corrected chi connectivity index (χ4v) is 4.53. The number of fused-ring (bicyclic) bond motifs is 1. The number of anilines is 1. The number of nitrogens with zero attached hydrogens (tertiary/aromatic N) is 7. The minimum absolute atomic E-state index is 0.0728. The predicted octanol–water partition coefficient (Wildman–Crippen LogP) is 4.64. The Morgan fingerprint density at radius 1 is 1.17 bits per heavy atom. The maximum absolute atomic E-state index is 13.3. The third-order valence-corrected chi connectivity index (χ3v) is 6.19. The van der Waals surface area contributed by atoms with E-state index in [0.29, 0.717) is 25.7 Å². The summed E-state index contributed by atoms with van der Waals surface area (Å²) >= 11 is 0. The summed E-state index contributed by atoms with van der Waals surface area (Å²) in [4.78, 5) is 4.52. The molecule has 5 rings (SSSR count). The Hall–Kier alpha value is -3.70. The van der Waals surface area contributed by atoms with E-state index in [9.17, 15) is 13.2 Å². The summed E-state index contributed by atoms with van der Waals surface area (Å²) < 4.78 is 49.3. The van der Waals surface area contributed by atoms with Crippen molar-refractivity contribution in [2.24, 2.45) is 7.05 Å². The molecule has 35 heavy (non-hydrogen) atoms. The SMILES string of the molecule is CCNc1cc2c(cn1)c(-c1cnn(C)c1)nn2C1CCC(Oc2nnccc2C(F)(F)F)CC1. The van der Waals surface area contributed by atoms with Crippen LogP contribution in [-0.4, -0.2) is 47.4 Å². The van der Waals surface area contributed by atoms with Gasteiger partial charge in [-0.3, -0.25) is 9.36 Å². The molecule has 1 saturated carbocycles. The number of pyridine rings is 1. The van der Waals surface area contributed by atoms with Gasteiger partial charge in [-0.05, 0) is 38.7 Å². The van der Waals surface area contributed by atoms with Crippen LogP contribution in [0, 0.1) is 0 Å². The summed E-state index contributed by atoms with van der Waals surface area (Å²) in [6.07, 6.45) is 4.16. The number of hydrogen-bond donors (Lipinski definition) is 1. The van der Waals surface area contributed by atoms with Gasteiger partial charge in [0, 0.05) is 43.0 Å². The van der Waals surface area contributed by atoms with E-state index in [4.69, 9.17) is 9.84 Å². The van der Waals surface area contributed by atoms with E-state index in [1.807, 2.05) is 37.1 Å². The molecule has 4 aromatic heterocycles. The molecule has 184 valence electrons. The van der Waals surface area contributed by atoms with Crippen LogP contribution in [0.5, 0.6) is 5.88 Å². The first kappa shape index (κ1) is 23.1. The van der Waals surface area contributed by atoms with E-state index >= 15 is 0 Å². The lowest BCUT2D eigenvalue weighted by Gasteiger charge is -2.29. The Bertz CT molecular complexity index is 1320. The molecule has 4 aromatic rings. The second kappa shape index (κ2) is 9.16. The van der Waals surface area contributed by atoms with Gasteiger partial charge in [-0.2, -0.15) is 28.5 Å². The van der Waals surface area contributed by atoms with Crippen molar-refractivity contribution in [1.29, 1.82) is 0 Å². The lowest BCUT2D eigenvalue weighted by Crippen LogP contribution is -2.27. The van der Waals surface area contributed by atoms with Crippen molar-refractivity contribution in [3.63, 3.8) is 0 Å². The maximum Gasteiger partial charge on any atom is 0.421 e. The van der Waals surface area contributed by atoms with Gasteiger partial charge in [0.25, 0.3) is 0 Å². The zero-order valence-corrected chi connectivity index (χ0v) is 19.3. The van der Waals surface area contributed by atoms with Gasteiger partial charge < -0.3 is 10.1 Å². The molecule has 1 aliphatic carbocycles. The normalized spacial score (nSPS) is 18.7. The van der Waals surface area contributed by atoms with Gasteiger partial charge in [-0.1, -0.05) is 0 Å². The number of aryl methyl sites for hydroxylation is 1. The largest absolute Gasteiger partial charge is 0.473 e. The van der Waals surface area contributed by atoms with Crippen molar-refractivity contribution in [1.82, 2.24) is 34.7 Å². The fraction of sp³-hybridized carbons (Fsp3) is 0.435. The van der Waals surface area contributed by atoms with Crippen molar-refractivity contribution >= 4 is 16.7 Å². The van der Waals surface area contributed by atoms with Gasteiger partial charge in [0.2, 0.25) is 5.88 Å². The van der Waals surface area contributed by atoms with Crippen LogP contribution in [0.15, 0.2) is 36.9 Å². The molecule has 0 bridgehead atoms. The van der Waals surface area contributed by atoms with Crippen molar-refractivity contribution in [2.75, 3.05) is 11.9 Å². The highest BCUT2D eigenvalue weighted by Crippen LogP contribution is 2.38. The third kappa shape index (κ3) is 4.64. The van der Waals surface area contributed by atoms with Crippen LogP contribution < -0.4 is 10.1 Å². The van der Waals surface area contributed by atoms with Gasteiger partial charge in [-0.15, -0.1) is 5.10 Å². The van der Waals surface area contributed by atoms with Crippen LogP contribution >= 0.6 is 0 Å². The molecule has 0 amide bonds. The van der Waals surface area contributed by atoms with Gasteiger partial charge in [-0.25, -0.2) is 4.98 Å². The lowest BCUT2D eigenvalue weighted by atomic mass is 9.93. The van der Waals surface area contributed by atoms with Crippen molar-refractivity contribution < 1.29 is 17.9 Å². The number of nitrogens with one attached hydrogen (secondary N) is 1. The fourth-order valence-electron chi connectivity index (χ4n) is 4.53. The van der Waals surface area contributed by atoms with Crippen LogP contribution in [0.2, 0.25) is 0 Å². The Labute approximate surface area is 199 Å². The summed E-state index contributed by atoms with van der Waals surface area (Å²) in [5.41, 5.74) is 1.75. The minimum Gasteiger partial charge on any atom is -0.473 e. The summed E-state index contributed by atoms with van der Waals surface area (Å²) in [6.45, 7) is 2.75. The van der Waals surface area contributed by atoms with E-state index in [1.54, 1.807) is 10.9 Å². The van der Waals surface area contributed by atoms with Crippen LogP contribution in [0.25, 0.3) is 22.2 Å². The van der Waals surface area contributed by atoms with Crippen LogP contribution in [0.3, 0.4) is 0 Å². The Kier molecular flexibility index (Phi) is 6.03. The molecule has 0 atom stereocenters. The van der Waals surface area contributed by atoms with Gasteiger partial charge in [0.15, 0.2) is 0 Å². The zero-order valence-electron chi connectivity index (χ0n) is 19.3. The number of alkyl halides is 3. The smallest absolute Gasteiger partial charge is 0.421 e. The molecule has 0 aromatic carbocycles. The number of ether oxygens (including phenoxy) is 1. The first-order chi connectivity index (χ1) is 16.8. The predicted molar refractivity (Wildman–Crippen MR) is 123 cm³/mol. The topological polar surface area (TPSA) is 95.6 Å². The van der Waals surface area contributed by atoms with E-state index in [-0.39, 0.29) is 12.1 Å². The minimum atomic E-state index is -4.54. The highest BCUT2D eigenvalue weighted by atomic mass is 19.4. The van der Waals surface area contributed by atoms with Gasteiger partial charge in [0.1, 0.15) is 23.2 Å². The van der Waals surface area contributed by atoms with E-state index < -0.39 is 17.6 Å².